The van der Waals surface area contributed by atoms with E-state index in [1.807, 2.05) is 19.1 Å². The number of hydrogen-bond acceptors (Lipinski definition) is 5. The van der Waals surface area contributed by atoms with E-state index < -0.39 is 5.97 Å². The van der Waals surface area contributed by atoms with Crippen LogP contribution in [0.1, 0.15) is 21.9 Å². The van der Waals surface area contributed by atoms with Gasteiger partial charge in [0.05, 0.1) is 12.8 Å². The molecule has 0 bridgehead atoms. The molecule has 2 aromatic heterocycles. The number of ether oxygens (including phenoxy) is 1. The fraction of sp³-hybridized carbons (Fsp3) is 0.231. The quantitative estimate of drug-likeness (QED) is 0.848. The summed E-state index contributed by atoms with van der Waals surface area (Å²) in [6, 6.07) is 6.78. The average molecular weight is 279 g/mol. The first kappa shape index (κ1) is 13.5. The third kappa shape index (κ3) is 3.51. The minimum Gasteiger partial charge on any atom is -0.497 e. The molecule has 0 saturated heterocycles. The molecule has 0 aliphatic heterocycles. The molecule has 0 aliphatic rings. The first-order valence-corrected chi connectivity index (χ1v) is 6.54. The highest BCUT2D eigenvalue weighted by atomic mass is 32.2. The van der Waals surface area contributed by atoms with E-state index in [4.69, 9.17) is 14.3 Å². The van der Waals surface area contributed by atoms with Crippen LogP contribution in [0.3, 0.4) is 0 Å². The van der Waals surface area contributed by atoms with Gasteiger partial charge in [-0.2, -0.15) is 0 Å². The number of rotatable bonds is 5. The van der Waals surface area contributed by atoms with E-state index in [2.05, 4.69) is 4.98 Å². The van der Waals surface area contributed by atoms with Crippen molar-refractivity contribution in [2.75, 3.05) is 7.11 Å². The molecule has 0 unspecified atom stereocenters. The summed E-state index contributed by atoms with van der Waals surface area (Å²) in [5, 5.41) is 9.31. The van der Waals surface area contributed by atoms with Crippen molar-refractivity contribution < 1.29 is 19.1 Å². The summed E-state index contributed by atoms with van der Waals surface area (Å²) >= 11 is 1.39. The monoisotopic (exact) mass is 279 g/mol. The Bertz CT molecular complexity index is 594. The minimum atomic E-state index is -1.07. The Morgan fingerprint density at radius 2 is 2.26 bits per heavy atom. The molecule has 5 nitrogen and oxygen atoms in total. The van der Waals surface area contributed by atoms with Gasteiger partial charge in [0.2, 0.25) is 5.76 Å². The minimum absolute atomic E-state index is 0.0581. The van der Waals surface area contributed by atoms with Crippen molar-refractivity contribution in [1.29, 1.82) is 0 Å². The largest absolute Gasteiger partial charge is 0.497 e. The summed E-state index contributed by atoms with van der Waals surface area (Å²) in [4.78, 5) is 15.1. The van der Waals surface area contributed by atoms with E-state index in [1.54, 1.807) is 13.2 Å². The number of methoxy groups -OCH3 is 1. The van der Waals surface area contributed by atoms with Crippen molar-refractivity contribution in [3.05, 3.63) is 41.4 Å². The molecule has 100 valence electrons. The van der Waals surface area contributed by atoms with Gasteiger partial charge in [0, 0.05) is 23.6 Å². The van der Waals surface area contributed by atoms with E-state index in [0.717, 1.165) is 17.1 Å². The van der Waals surface area contributed by atoms with Crippen molar-refractivity contribution in [2.24, 2.45) is 0 Å². The Morgan fingerprint density at radius 1 is 1.47 bits per heavy atom. The number of aromatic carboxylic acids is 1. The number of carboxylic acid groups (broad SMARTS) is 1. The maximum atomic E-state index is 10.7. The molecular formula is C13H13NO4S. The molecule has 0 radical (unpaired) electrons. The summed E-state index contributed by atoms with van der Waals surface area (Å²) in [5.74, 6) is 0.221. The second kappa shape index (κ2) is 5.79. The molecule has 0 fully saturated rings. The van der Waals surface area contributed by atoms with Crippen LogP contribution in [-0.2, 0) is 5.75 Å². The zero-order valence-electron chi connectivity index (χ0n) is 10.5. The van der Waals surface area contributed by atoms with Crippen LogP contribution in [-0.4, -0.2) is 23.2 Å². The molecule has 19 heavy (non-hydrogen) atoms. The van der Waals surface area contributed by atoms with Crippen LogP contribution in [0.2, 0.25) is 0 Å². The Labute approximate surface area is 114 Å². The third-order valence-electron chi connectivity index (χ3n) is 2.37. The topological polar surface area (TPSA) is 72.6 Å². The molecular weight excluding hydrogens is 266 g/mol. The maximum absolute atomic E-state index is 10.7. The average Bonchev–Trinajstić information content (AvgIpc) is 2.84. The van der Waals surface area contributed by atoms with Crippen LogP contribution in [0.25, 0.3) is 0 Å². The SMILES string of the molecule is COc1cc(C)nc(CSc2ccc(C(=O)O)o2)c1. The zero-order chi connectivity index (χ0) is 13.8. The zero-order valence-corrected chi connectivity index (χ0v) is 11.4. The normalized spacial score (nSPS) is 10.4. The smallest absolute Gasteiger partial charge is 0.371 e. The Balaban J connectivity index is 2.05. The van der Waals surface area contributed by atoms with Crippen LogP contribution >= 0.6 is 11.8 Å². The lowest BCUT2D eigenvalue weighted by Gasteiger charge is -2.04. The van der Waals surface area contributed by atoms with Gasteiger partial charge < -0.3 is 14.3 Å². The van der Waals surface area contributed by atoms with Crippen LogP contribution in [0.15, 0.2) is 33.8 Å². The number of aryl methyl sites for hydroxylation is 1. The van der Waals surface area contributed by atoms with Gasteiger partial charge in [-0.1, -0.05) is 11.8 Å². The third-order valence-corrected chi connectivity index (χ3v) is 3.31. The van der Waals surface area contributed by atoms with Gasteiger partial charge in [-0.15, -0.1) is 0 Å². The van der Waals surface area contributed by atoms with Gasteiger partial charge in [-0.25, -0.2) is 4.79 Å². The number of pyridine rings is 1. The molecule has 0 atom stereocenters. The lowest BCUT2D eigenvalue weighted by molar-refractivity contribution is 0.0656. The second-order valence-corrected chi connectivity index (χ2v) is 4.83. The van der Waals surface area contributed by atoms with Crippen LogP contribution in [0.4, 0.5) is 0 Å². The molecule has 2 aromatic rings. The standard InChI is InChI=1S/C13H13NO4S/c1-8-5-10(17-2)6-9(14-8)7-19-12-4-3-11(18-12)13(15)16/h3-6H,7H2,1-2H3,(H,15,16). The van der Waals surface area contributed by atoms with E-state index in [0.29, 0.717) is 10.8 Å². The summed E-state index contributed by atoms with van der Waals surface area (Å²) < 4.78 is 10.3. The van der Waals surface area contributed by atoms with Crippen LogP contribution in [0.5, 0.6) is 5.75 Å². The van der Waals surface area contributed by atoms with Gasteiger partial charge in [0.15, 0.2) is 5.09 Å². The highest BCUT2D eigenvalue weighted by molar-refractivity contribution is 7.98. The number of hydrogen-bond donors (Lipinski definition) is 1. The Kier molecular flexibility index (Phi) is 4.11. The van der Waals surface area contributed by atoms with Gasteiger partial charge in [-0.3, -0.25) is 4.98 Å². The molecule has 0 aliphatic carbocycles. The lowest BCUT2D eigenvalue weighted by atomic mass is 10.3. The van der Waals surface area contributed by atoms with Crippen molar-refractivity contribution in [3.8, 4) is 5.75 Å². The molecule has 0 spiro atoms. The fourth-order valence-electron chi connectivity index (χ4n) is 1.55. The number of nitrogens with zero attached hydrogens (tertiary/aromatic N) is 1. The van der Waals surface area contributed by atoms with E-state index in [-0.39, 0.29) is 5.76 Å². The number of thioether (sulfide) groups is 1. The summed E-state index contributed by atoms with van der Waals surface area (Å²) in [6.07, 6.45) is 0. The van der Waals surface area contributed by atoms with Gasteiger partial charge in [-0.05, 0) is 19.1 Å². The second-order valence-electron chi connectivity index (χ2n) is 3.85. The predicted octanol–water partition coefficient (Wildman–Crippen LogP) is 2.98. The van der Waals surface area contributed by atoms with Crippen molar-refractivity contribution >= 4 is 17.7 Å². The highest BCUT2D eigenvalue weighted by Gasteiger charge is 2.10. The first-order chi connectivity index (χ1) is 9.08. The molecule has 2 rings (SSSR count). The summed E-state index contributed by atoms with van der Waals surface area (Å²) in [7, 11) is 1.61. The Morgan fingerprint density at radius 3 is 2.89 bits per heavy atom. The molecule has 6 heteroatoms. The van der Waals surface area contributed by atoms with Crippen LogP contribution in [0, 0.1) is 6.92 Å². The summed E-state index contributed by atoms with van der Waals surface area (Å²) in [5.41, 5.74) is 1.73. The molecule has 0 aromatic carbocycles. The highest BCUT2D eigenvalue weighted by Crippen LogP contribution is 2.25. The number of carboxylic acids is 1. The van der Waals surface area contributed by atoms with Crippen molar-refractivity contribution in [3.63, 3.8) is 0 Å². The van der Waals surface area contributed by atoms with E-state index >= 15 is 0 Å². The fourth-order valence-corrected chi connectivity index (χ4v) is 2.30. The van der Waals surface area contributed by atoms with Gasteiger partial charge in [0.25, 0.3) is 0 Å². The van der Waals surface area contributed by atoms with Crippen molar-refractivity contribution in [2.45, 2.75) is 17.8 Å². The molecule has 0 amide bonds. The predicted molar refractivity (Wildman–Crippen MR) is 70.8 cm³/mol. The van der Waals surface area contributed by atoms with Gasteiger partial charge in [0.1, 0.15) is 5.75 Å². The number of aromatic nitrogens is 1. The van der Waals surface area contributed by atoms with E-state index in [1.165, 1.54) is 17.8 Å². The molecule has 2 heterocycles. The molecule has 1 N–H and O–H groups in total. The summed E-state index contributed by atoms with van der Waals surface area (Å²) in [6.45, 7) is 1.89. The maximum Gasteiger partial charge on any atom is 0.371 e. The van der Waals surface area contributed by atoms with Crippen molar-refractivity contribution in [1.82, 2.24) is 4.98 Å². The van der Waals surface area contributed by atoms with Gasteiger partial charge >= 0.3 is 5.97 Å². The van der Waals surface area contributed by atoms with E-state index in [9.17, 15) is 4.79 Å². The van der Waals surface area contributed by atoms with Crippen LogP contribution < -0.4 is 4.74 Å². The first-order valence-electron chi connectivity index (χ1n) is 5.56. The molecule has 0 saturated carbocycles. The number of furan rings is 1. The Hall–Kier alpha value is -1.95. The lowest BCUT2D eigenvalue weighted by Crippen LogP contribution is -1.93. The number of carbonyl (C=O) groups is 1.